The normalized spacial score (nSPS) is 12.6. The largest absolute Gasteiger partial charge is 0.359 e. The van der Waals surface area contributed by atoms with Crippen LogP contribution in [0.2, 0.25) is 0 Å². The van der Waals surface area contributed by atoms with Crippen LogP contribution >= 0.6 is 0 Å². The average Bonchev–Trinajstić information content (AvgIpc) is 2.11. The molecule has 0 aliphatic heterocycles. The molecule has 12 heavy (non-hydrogen) atoms. The van der Waals surface area contributed by atoms with Crippen LogP contribution in [0, 0.1) is 5.92 Å². The van der Waals surface area contributed by atoms with Crippen molar-refractivity contribution < 1.29 is 4.79 Å². The summed E-state index contributed by atoms with van der Waals surface area (Å²) in [5.41, 5.74) is 5.36. The van der Waals surface area contributed by atoms with Gasteiger partial charge in [0.25, 0.3) is 0 Å². The van der Waals surface area contributed by atoms with E-state index in [9.17, 15) is 4.79 Å². The van der Waals surface area contributed by atoms with Gasteiger partial charge in [0.2, 0.25) is 5.91 Å². The van der Waals surface area contributed by atoms with Gasteiger partial charge in [-0.15, -0.1) is 0 Å². The van der Waals surface area contributed by atoms with Crippen LogP contribution in [0.5, 0.6) is 0 Å². The van der Waals surface area contributed by atoms with Gasteiger partial charge in [-0.1, -0.05) is 13.3 Å². The van der Waals surface area contributed by atoms with Crippen molar-refractivity contribution in [3.05, 3.63) is 0 Å². The number of hydrogen-bond donors (Lipinski definition) is 2. The summed E-state index contributed by atoms with van der Waals surface area (Å²) >= 11 is 0. The number of hydrogen-bond acceptors (Lipinski definition) is 2. The summed E-state index contributed by atoms with van der Waals surface area (Å²) in [6, 6.07) is 0. The Kier molecular flexibility index (Phi) is 6.76. The van der Waals surface area contributed by atoms with E-state index in [0.717, 1.165) is 32.2 Å². The Morgan fingerprint density at radius 3 is 2.58 bits per heavy atom. The lowest BCUT2D eigenvalue weighted by atomic mass is 9.98. The van der Waals surface area contributed by atoms with Crippen LogP contribution in [-0.4, -0.2) is 19.5 Å². The molecule has 0 bridgehead atoms. The lowest BCUT2D eigenvalue weighted by Crippen LogP contribution is -2.26. The second-order valence-electron chi connectivity index (χ2n) is 3.00. The highest BCUT2D eigenvalue weighted by Gasteiger charge is 2.13. The molecule has 0 spiro atoms. The van der Waals surface area contributed by atoms with E-state index in [1.165, 1.54) is 0 Å². The molecule has 0 radical (unpaired) electrons. The van der Waals surface area contributed by atoms with Crippen molar-refractivity contribution in [2.75, 3.05) is 13.6 Å². The van der Waals surface area contributed by atoms with Gasteiger partial charge < -0.3 is 11.1 Å². The lowest BCUT2D eigenvalue weighted by molar-refractivity contribution is -0.124. The summed E-state index contributed by atoms with van der Waals surface area (Å²) in [5, 5.41) is 2.67. The summed E-state index contributed by atoms with van der Waals surface area (Å²) in [6.07, 6.45) is 3.97. The molecular weight excluding hydrogens is 152 g/mol. The standard InChI is InChI=1S/C9H20N2O/c1-3-8(9(12)11-2)6-4-5-7-10/h8H,3-7,10H2,1-2H3,(H,11,12). The van der Waals surface area contributed by atoms with Crippen LogP contribution in [-0.2, 0) is 4.79 Å². The molecule has 72 valence electrons. The molecule has 3 heteroatoms. The minimum Gasteiger partial charge on any atom is -0.359 e. The first-order valence-electron chi connectivity index (χ1n) is 4.67. The van der Waals surface area contributed by atoms with Crippen LogP contribution in [0.25, 0.3) is 0 Å². The minimum absolute atomic E-state index is 0.162. The molecule has 0 aliphatic rings. The number of carbonyl (C=O) groups excluding carboxylic acids is 1. The van der Waals surface area contributed by atoms with Crippen LogP contribution < -0.4 is 11.1 Å². The van der Waals surface area contributed by atoms with Gasteiger partial charge in [0.1, 0.15) is 0 Å². The van der Waals surface area contributed by atoms with Gasteiger partial charge in [0.15, 0.2) is 0 Å². The molecule has 0 aliphatic carbocycles. The average molecular weight is 172 g/mol. The fourth-order valence-electron chi connectivity index (χ4n) is 1.26. The fraction of sp³-hybridized carbons (Fsp3) is 0.889. The van der Waals surface area contributed by atoms with Gasteiger partial charge in [-0.2, -0.15) is 0 Å². The predicted molar refractivity (Wildman–Crippen MR) is 50.8 cm³/mol. The van der Waals surface area contributed by atoms with Crippen LogP contribution in [0.15, 0.2) is 0 Å². The highest BCUT2D eigenvalue weighted by atomic mass is 16.1. The second kappa shape index (κ2) is 7.10. The molecule has 0 aromatic carbocycles. The van der Waals surface area contributed by atoms with Crippen LogP contribution in [0.1, 0.15) is 32.6 Å². The molecule has 3 nitrogen and oxygen atoms in total. The molecule has 0 fully saturated rings. The van der Waals surface area contributed by atoms with E-state index in [2.05, 4.69) is 5.32 Å². The van der Waals surface area contributed by atoms with Crippen molar-refractivity contribution in [3.63, 3.8) is 0 Å². The summed E-state index contributed by atoms with van der Waals surface area (Å²) in [4.78, 5) is 11.2. The third-order valence-corrected chi connectivity index (χ3v) is 2.12. The third kappa shape index (κ3) is 4.34. The first-order valence-corrected chi connectivity index (χ1v) is 4.67. The Hall–Kier alpha value is -0.570. The first-order chi connectivity index (χ1) is 5.76. The fourth-order valence-corrected chi connectivity index (χ4v) is 1.26. The molecule has 0 rings (SSSR count). The Bertz CT molecular complexity index is 126. The molecule has 3 N–H and O–H groups in total. The molecule has 0 saturated carbocycles. The van der Waals surface area contributed by atoms with E-state index >= 15 is 0 Å². The highest BCUT2D eigenvalue weighted by molar-refractivity contribution is 5.78. The lowest BCUT2D eigenvalue weighted by Gasteiger charge is -2.11. The number of nitrogens with two attached hydrogens (primary N) is 1. The zero-order valence-corrected chi connectivity index (χ0v) is 8.10. The van der Waals surface area contributed by atoms with Crippen molar-refractivity contribution in [3.8, 4) is 0 Å². The summed E-state index contributed by atoms with van der Waals surface area (Å²) in [7, 11) is 1.69. The zero-order valence-electron chi connectivity index (χ0n) is 8.10. The molecular formula is C9H20N2O. The van der Waals surface area contributed by atoms with Crippen LogP contribution in [0.4, 0.5) is 0 Å². The number of unbranched alkanes of at least 4 members (excludes halogenated alkanes) is 1. The van der Waals surface area contributed by atoms with E-state index in [1.54, 1.807) is 7.05 Å². The summed E-state index contributed by atoms with van der Waals surface area (Å²) in [6.45, 7) is 2.77. The third-order valence-electron chi connectivity index (χ3n) is 2.12. The number of rotatable bonds is 6. The second-order valence-corrected chi connectivity index (χ2v) is 3.00. The molecule has 0 aromatic rings. The van der Waals surface area contributed by atoms with Crippen molar-refractivity contribution in [2.45, 2.75) is 32.6 Å². The van der Waals surface area contributed by atoms with E-state index in [1.807, 2.05) is 6.92 Å². The van der Waals surface area contributed by atoms with Gasteiger partial charge in [0.05, 0.1) is 0 Å². The van der Waals surface area contributed by atoms with Gasteiger partial charge in [-0.05, 0) is 25.8 Å². The van der Waals surface area contributed by atoms with Gasteiger partial charge >= 0.3 is 0 Å². The zero-order chi connectivity index (χ0) is 9.40. The van der Waals surface area contributed by atoms with Crippen molar-refractivity contribution in [1.82, 2.24) is 5.32 Å². The Morgan fingerprint density at radius 2 is 2.17 bits per heavy atom. The summed E-state index contributed by atoms with van der Waals surface area (Å²) in [5.74, 6) is 0.344. The van der Waals surface area contributed by atoms with Crippen molar-refractivity contribution >= 4 is 5.91 Å². The molecule has 1 amide bonds. The molecule has 1 atom stereocenters. The maximum atomic E-state index is 11.2. The van der Waals surface area contributed by atoms with Crippen molar-refractivity contribution in [1.29, 1.82) is 0 Å². The van der Waals surface area contributed by atoms with E-state index in [4.69, 9.17) is 5.73 Å². The Labute approximate surface area is 74.7 Å². The maximum Gasteiger partial charge on any atom is 0.222 e. The SMILES string of the molecule is CCC(CCCCN)C(=O)NC. The molecule has 0 heterocycles. The maximum absolute atomic E-state index is 11.2. The first kappa shape index (κ1) is 11.4. The molecule has 1 unspecified atom stereocenters. The summed E-state index contributed by atoms with van der Waals surface area (Å²) < 4.78 is 0. The van der Waals surface area contributed by atoms with Gasteiger partial charge in [-0.3, -0.25) is 4.79 Å². The van der Waals surface area contributed by atoms with Gasteiger partial charge in [-0.25, -0.2) is 0 Å². The predicted octanol–water partition coefficient (Wildman–Crippen LogP) is 0.888. The smallest absolute Gasteiger partial charge is 0.222 e. The molecule has 0 aromatic heterocycles. The van der Waals surface area contributed by atoms with Crippen LogP contribution in [0.3, 0.4) is 0 Å². The quantitative estimate of drug-likeness (QED) is 0.584. The van der Waals surface area contributed by atoms with Crippen molar-refractivity contribution in [2.24, 2.45) is 11.7 Å². The van der Waals surface area contributed by atoms with Gasteiger partial charge in [0, 0.05) is 13.0 Å². The van der Waals surface area contributed by atoms with E-state index in [0.29, 0.717) is 0 Å². The number of nitrogens with one attached hydrogen (secondary N) is 1. The Balaban J connectivity index is 3.60. The topological polar surface area (TPSA) is 55.1 Å². The highest BCUT2D eigenvalue weighted by Crippen LogP contribution is 2.11. The number of amides is 1. The van der Waals surface area contributed by atoms with E-state index < -0.39 is 0 Å². The van der Waals surface area contributed by atoms with E-state index in [-0.39, 0.29) is 11.8 Å². The minimum atomic E-state index is 0.162. The molecule has 0 saturated heterocycles. The monoisotopic (exact) mass is 172 g/mol. The Morgan fingerprint density at radius 1 is 1.50 bits per heavy atom. The number of carbonyl (C=O) groups is 1.